The predicted molar refractivity (Wildman–Crippen MR) is 39.3 cm³/mol. The van der Waals surface area contributed by atoms with Crippen molar-refractivity contribution in [3.63, 3.8) is 0 Å². The molecule has 2 aliphatic heterocycles. The molecule has 2 saturated heterocycles. The van der Waals surface area contributed by atoms with Crippen molar-refractivity contribution in [2.75, 3.05) is 13.2 Å². The number of aliphatic hydroxyl groups is 1. The van der Waals surface area contributed by atoms with Gasteiger partial charge in [-0.1, -0.05) is 6.92 Å². The first-order chi connectivity index (χ1) is 5.17. The zero-order chi connectivity index (χ0) is 8.06. The molecular formula is C8H14O3. The quantitative estimate of drug-likeness (QED) is 0.591. The number of hydrogen-bond acceptors (Lipinski definition) is 3. The SMILES string of the molecule is CC(O)[C@@]12CO[C@@H](CO1)[C@@H]2C. The number of ether oxygens (including phenoxy) is 2. The first kappa shape index (κ1) is 7.53. The predicted octanol–water partition coefficient (Wildman–Crippen LogP) is 0.171. The van der Waals surface area contributed by atoms with Crippen molar-refractivity contribution >= 4 is 0 Å². The molecule has 0 saturated carbocycles. The largest absolute Gasteiger partial charge is 0.390 e. The van der Waals surface area contributed by atoms with Gasteiger partial charge < -0.3 is 14.6 Å². The van der Waals surface area contributed by atoms with Crippen molar-refractivity contribution in [2.45, 2.75) is 31.7 Å². The van der Waals surface area contributed by atoms with Gasteiger partial charge in [-0.25, -0.2) is 0 Å². The highest BCUT2D eigenvalue weighted by atomic mass is 16.6. The summed E-state index contributed by atoms with van der Waals surface area (Å²) in [5.74, 6) is 0.336. The van der Waals surface area contributed by atoms with E-state index in [2.05, 4.69) is 6.92 Å². The van der Waals surface area contributed by atoms with E-state index in [1.807, 2.05) is 0 Å². The van der Waals surface area contributed by atoms with Crippen LogP contribution in [0.4, 0.5) is 0 Å². The molecule has 0 aromatic carbocycles. The van der Waals surface area contributed by atoms with E-state index in [0.717, 1.165) is 0 Å². The Morgan fingerprint density at radius 3 is 2.55 bits per heavy atom. The van der Waals surface area contributed by atoms with E-state index >= 15 is 0 Å². The van der Waals surface area contributed by atoms with Gasteiger partial charge in [0.1, 0.15) is 5.60 Å². The lowest BCUT2D eigenvalue weighted by atomic mass is 9.87. The molecule has 1 unspecified atom stereocenters. The number of hydrogen-bond donors (Lipinski definition) is 1. The molecule has 0 spiro atoms. The molecule has 2 aliphatic rings. The summed E-state index contributed by atoms with van der Waals surface area (Å²) in [6.07, 6.45) is -0.213. The summed E-state index contributed by atoms with van der Waals surface area (Å²) in [6.45, 7) is 5.05. The van der Waals surface area contributed by atoms with Crippen LogP contribution >= 0.6 is 0 Å². The first-order valence-corrected chi connectivity index (χ1v) is 4.10. The zero-order valence-electron chi connectivity index (χ0n) is 6.91. The van der Waals surface area contributed by atoms with E-state index < -0.39 is 11.7 Å². The molecule has 64 valence electrons. The molecule has 1 N–H and O–H groups in total. The van der Waals surface area contributed by atoms with Gasteiger partial charge in [0, 0.05) is 5.92 Å². The lowest BCUT2D eigenvalue weighted by Crippen LogP contribution is -2.46. The number of rotatable bonds is 1. The highest BCUT2D eigenvalue weighted by Crippen LogP contribution is 2.42. The number of aliphatic hydroxyl groups excluding tert-OH is 1. The van der Waals surface area contributed by atoms with Crippen molar-refractivity contribution in [1.82, 2.24) is 0 Å². The van der Waals surface area contributed by atoms with Crippen molar-refractivity contribution in [3.8, 4) is 0 Å². The Labute approximate surface area is 66.3 Å². The van der Waals surface area contributed by atoms with Crippen LogP contribution in [0.2, 0.25) is 0 Å². The first-order valence-electron chi connectivity index (χ1n) is 4.10. The minimum absolute atomic E-state index is 0.213. The van der Waals surface area contributed by atoms with Crippen LogP contribution in [0.25, 0.3) is 0 Å². The fourth-order valence-corrected chi connectivity index (χ4v) is 2.05. The standard InChI is InChI=1S/C8H14O3/c1-5-7-3-11-8(5,4-10-7)6(2)9/h5-7,9H,3-4H2,1-2H3/t5-,6?,7-,8-/m0/s1. The molecule has 0 aromatic rings. The fraction of sp³-hybridized carbons (Fsp3) is 1.00. The lowest BCUT2D eigenvalue weighted by Gasteiger charge is -2.30. The Morgan fingerprint density at radius 1 is 1.64 bits per heavy atom. The van der Waals surface area contributed by atoms with Crippen LogP contribution in [0.3, 0.4) is 0 Å². The van der Waals surface area contributed by atoms with Gasteiger partial charge in [-0.05, 0) is 6.92 Å². The van der Waals surface area contributed by atoms with Crippen LogP contribution in [0.5, 0.6) is 0 Å². The molecule has 0 amide bonds. The maximum atomic E-state index is 9.49. The van der Waals surface area contributed by atoms with Gasteiger partial charge in [-0.15, -0.1) is 0 Å². The molecule has 0 radical (unpaired) electrons. The van der Waals surface area contributed by atoms with Gasteiger partial charge in [0.25, 0.3) is 0 Å². The molecular weight excluding hydrogens is 144 g/mol. The second-order valence-electron chi connectivity index (χ2n) is 3.58. The summed E-state index contributed by atoms with van der Waals surface area (Å²) in [5.41, 5.74) is -0.398. The monoisotopic (exact) mass is 158 g/mol. The van der Waals surface area contributed by atoms with E-state index in [1.54, 1.807) is 6.92 Å². The van der Waals surface area contributed by atoms with E-state index in [4.69, 9.17) is 9.47 Å². The second kappa shape index (κ2) is 2.19. The van der Waals surface area contributed by atoms with Gasteiger partial charge in [0.2, 0.25) is 0 Å². The third kappa shape index (κ3) is 0.789. The van der Waals surface area contributed by atoms with Crippen molar-refractivity contribution in [3.05, 3.63) is 0 Å². The molecule has 4 atom stereocenters. The van der Waals surface area contributed by atoms with Gasteiger partial charge >= 0.3 is 0 Å². The minimum Gasteiger partial charge on any atom is -0.390 e. The molecule has 3 nitrogen and oxygen atoms in total. The molecule has 0 aromatic heterocycles. The average Bonchev–Trinajstić information content (AvgIpc) is 2.46. The Bertz CT molecular complexity index is 159. The van der Waals surface area contributed by atoms with Crippen molar-refractivity contribution in [1.29, 1.82) is 0 Å². The van der Waals surface area contributed by atoms with E-state index in [-0.39, 0.29) is 6.10 Å². The van der Waals surface area contributed by atoms with Crippen LogP contribution in [-0.4, -0.2) is 36.1 Å². The van der Waals surface area contributed by atoms with Crippen molar-refractivity contribution < 1.29 is 14.6 Å². The maximum absolute atomic E-state index is 9.49. The summed E-state index contributed by atoms with van der Waals surface area (Å²) in [7, 11) is 0. The van der Waals surface area contributed by atoms with Crippen LogP contribution in [0.15, 0.2) is 0 Å². The molecule has 0 aliphatic carbocycles. The average molecular weight is 158 g/mol. The van der Waals surface area contributed by atoms with Gasteiger partial charge in [-0.3, -0.25) is 0 Å². The minimum atomic E-state index is -0.426. The van der Waals surface area contributed by atoms with Crippen LogP contribution < -0.4 is 0 Å². The third-order valence-electron chi connectivity index (χ3n) is 3.07. The lowest BCUT2D eigenvalue weighted by molar-refractivity contribution is -0.144. The van der Waals surface area contributed by atoms with Gasteiger partial charge in [0.05, 0.1) is 25.4 Å². The summed E-state index contributed by atoms with van der Waals surface area (Å²) in [6, 6.07) is 0. The maximum Gasteiger partial charge on any atom is 0.122 e. The third-order valence-corrected chi connectivity index (χ3v) is 3.07. The normalized spacial score (nSPS) is 51.5. The topological polar surface area (TPSA) is 38.7 Å². The Balaban J connectivity index is 2.24. The Kier molecular flexibility index (Phi) is 1.50. The summed E-state index contributed by atoms with van der Waals surface area (Å²) in [5, 5.41) is 9.49. The second-order valence-corrected chi connectivity index (χ2v) is 3.58. The molecule has 2 fully saturated rings. The molecule has 11 heavy (non-hydrogen) atoms. The van der Waals surface area contributed by atoms with Crippen LogP contribution in [0, 0.1) is 5.92 Å². The van der Waals surface area contributed by atoms with E-state index in [0.29, 0.717) is 19.1 Å². The summed E-state index contributed by atoms with van der Waals surface area (Å²) >= 11 is 0. The smallest absolute Gasteiger partial charge is 0.122 e. The number of fused-ring (bicyclic) bond motifs is 2. The zero-order valence-corrected chi connectivity index (χ0v) is 6.91. The van der Waals surface area contributed by atoms with Crippen molar-refractivity contribution in [2.24, 2.45) is 5.92 Å². The fourth-order valence-electron chi connectivity index (χ4n) is 2.05. The van der Waals surface area contributed by atoms with Gasteiger partial charge in [0.15, 0.2) is 0 Å². The Hall–Kier alpha value is -0.120. The molecule has 2 bridgehead atoms. The molecule has 2 rings (SSSR count). The van der Waals surface area contributed by atoms with Crippen LogP contribution in [0.1, 0.15) is 13.8 Å². The van der Waals surface area contributed by atoms with E-state index in [1.165, 1.54) is 0 Å². The highest BCUT2D eigenvalue weighted by molar-refractivity contribution is 5.04. The summed E-state index contributed by atoms with van der Waals surface area (Å²) < 4.78 is 11.0. The highest BCUT2D eigenvalue weighted by Gasteiger charge is 2.56. The summed E-state index contributed by atoms with van der Waals surface area (Å²) in [4.78, 5) is 0. The van der Waals surface area contributed by atoms with Crippen LogP contribution in [-0.2, 0) is 9.47 Å². The Morgan fingerprint density at radius 2 is 2.36 bits per heavy atom. The van der Waals surface area contributed by atoms with Gasteiger partial charge in [-0.2, -0.15) is 0 Å². The molecule has 2 heterocycles. The van der Waals surface area contributed by atoms with E-state index in [9.17, 15) is 5.11 Å². The molecule has 3 heteroatoms.